The lowest BCUT2D eigenvalue weighted by Gasteiger charge is -2.14. The maximum absolute atomic E-state index is 6.16. The molecule has 17 heavy (non-hydrogen) atoms. The van der Waals surface area contributed by atoms with Crippen LogP contribution in [-0.4, -0.2) is 7.11 Å². The minimum absolute atomic E-state index is 0.353. The molecule has 1 unspecified atom stereocenters. The Morgan fingerprint density at radius 3 is 2.59 bits per heavy atom. The van der Waals surface area contributed by atoms with Gasteiger partial charge in [-0.05, 0) is 46.3 Å². The standard InChI is InChI=1S/C12H11Br2NO2/c1-16-9-3-2-7(13)6-8(9)12(15)10-4-5-11(14)17-10/h2-6,12H,15H2,1H3. The summed E-state index contributed by atoms with van der Waals surface area (Å²) < 4.78 is 12.4. The largest absolute Gasteiger partial charge is 0.496 e. The van der Waals surface area contributed by atoms with Gasteiger partial charge in [0.2, 0.25) is 0 Å². The van der Waals surface area contributed by atoms with Gasteiger partial charge < -0.3 is 14.9 Å². The van der Waals surface area contributed by atoms with Crippen molar-refractivity contribution in [3.05, 3.63) is 50.8 Å². The van der Waals surface area contributed by atoms with Crippen LogP contribution in [0.2, 0.25) is 0 Å². The summed E-state index contributed by atoms with van der Waals surface area (Å²) in [5.41, 5.74) is 7.04. The highest BCUT2D eigenvalue weighted by Crippen LogP contribution is 2.32. The van der Waals surface area contributed by atoms with Gasteiger partial charge in [0.1, 0.15) is 11.5 Å². The quantitative estimate of drug-likeness (QED) is 0.903. The normalized spacial score (nSPS) is 12.5. The number of halogens is 2. The van der Waals surface area contributed by atoms with Gasteiger partial charge >= 0.3 is 0 Å². The van der Waals surface area contributed by atoms with Gasteiger partial charge in [-0.25, -0.2) is 0 Å². The van der Waals surface area contributed by atoms with Crippen LogP contribution in [0.3, 0.4) is 0 Å². The zero-order valence-corrected chi connectivity index (χ0v) is 12.3. The molecular weight excluding hydrogens is 350 g/mol. The van der Waals surface area contributed by atoms with Crippen LogP contribution >= 0.6 is 31.9 Å². The summed E-state index contributed by atoms with van der Waals surface area (Å²) in [6, 6.07) is 9.02. The van der Waals surface area contributed by atoms with Gasteiger partial charge in [-0.15, -0.1) is 0 Å². The molecule has 0 aliphatic heterocycles. The van der Waals surface area contributed by atoms with Crippen molar-refractivity contribution in [3.8, 4) is 5.75 Å². The van der Waals surface area contributed by atoms with E-state index in [1.807, 2.05) is 30.3 Å². The SMILES string of the molecule is COc1ccc(Br)cc1C(N)c1ccc(Br)o1. The van der Waals surface area contributed by atoms with Crippen LogP contribution in [-0.2, 0) is 0 Å². The Morgan fingerprint density at radius 1 is 1.24 bits per heavy atom. The third-order valence-electron chi connectivity index (χ3n) is 2.43. The van der Waals surface area contributed by atoms with E-state index < -0.39 is 0 Å². The molecule has 1 heterocycles. The summed E-state index contributed by atoms with van der Waals surface area (Å²) in [6.45, 7) is 0. The first-order valence-electron chi connectivity index (χ1n) is 4.96. The zero-order chi connectivity index (χ0) is 12.4. The molecule has 2 aromatic rings. The Balaban J connectivity index is 2.42. The highest BCUT2D eigenvalue weighted by atomic mass is 79.9. The third kappa shape index (κ3) is 2.73. The second-order valence-corrected chi connectivity index (χ2v) is 5.20. The number of ether oxygens (including phenoxy) is 1. The van der Waals surface area contributed by atoms with E-state index in [4.69, 9.17) is 14.9 Å². The fraction of sp³-hybridized carbons (Fsp3) is 0.167. The molecule has 3 nitrogen and oxygen atoms in total. The summed E-state index contributed by atoms with van der Waals surface area (Å²) in [5, 5.41) is 0. The minimum Gasteiger partial charge on any atom is -0.496 e. The lowest BCUT2D eigenvalue weighted by atomic mass is 10.0. The molecule has 0 fully saturated rings. The lowest BCUT2D eigenvalue weighted by Crippen LogP contribution is -2.12. The van der Waals surface area contributed by atoms with Crippen LogP contribution in [0.5, 0.6) is 5.75 Å². The number of furan rings is 1. The molecule has 1 aromatic heterocycles. The monoisotopic (exact) mass is 359 g/mol. The molecule has 0 aliphatic carbocycles. The van der Waals surface area contributed by atoms with E-state index in [9.17, 15) is 0 Å². The van der Waals surface area contributed by atoms with Gasteiger partial charge in [-0.2, -0.15) is 0 Å². The van der Waals surface area contributed by atoms with Crippen molar-refractivity contribution in [1.82, 2.24) is 0 Å². The Hall–Kier alpha value is -0.780. The molecule has 5 heteroatoms. The number of rotatable bonds is 3. The molecule has 2 N–H and O–H groups in total. The second kappa shape index (κ2) is 5.25. The number of methoxy groups -OCH3 is 1. The Kier molecular flexibility index (Phi) is 3.91. The summed E-state index contributed by atoms with van der Waals surface area (Å²) in [6.07, 6.45) is 0. The van der Waals surface area contributed by atoms with Crippen molar-refractivity contribution in [3.63, 3.8) is 0 Å². The molecule has 0 spiro atoms. The Bertz CT molecular complexity index is 525. The van der Waals surface area contributed by atoms with Gasteiger partial charge in [0.15, 0.2) is 4.67 Å². The molecule has 0 saturated heterocycles. The third-order valence-corrected chi connectivity index (χ3v) is 3.35. The van der Waals surface area contributed by atoms with Crippen LogP contribution in [0.15, 0.2) is 43.9 Å². The Labute approximate surface area is 116 Å². The van der Waals surface area contributed by atoms with Crippen molar-refractivity contribution in [2.24, 2.45) is 5.73 Å². The molecule has 0 amide bonds. The Morgan fingerprint density at radius 2 is 2.00 bits per heavy atom. The van der Waals surface area contributed by atoms with E-state index in [0.29, 0.717) is 10.4 Å². The van der Waals surface area contributed by atoms with Crippen LogP contribution in [0.1, 0.15) is 17.4 Å². The summed E-state index contributed by atoms with van der Waals surface area (Å²) in [7, 11) is 1.62. The molecule has 1 atom stereocenters. The highest BCUT2D eigenvalue weighted by molar-refractivity contribution is 9.10. The highest BCUT2D eigenvalue weighted by Gasteiger charge is 2.17. The maximum Gasteiger partial charge on any atom is 0.169 e. The van der Waals surface area contributed by atoms with Gasteiger partial charge in [-0.1, -0.05) is 15.9 Å². The van der Waals surface area contributed by atoms with Crippen molar-refractivity contribution in [2.45, 2.75) is 6.04 Å². The van der Waals surface area contributed by atoms with Crippen LogP contribution in [0.4, 0.5) is 0 Å². The van der Waals surface area contributed by atoms with E-state index in [-0.39, 0.29) is 6.04 Å². The molecule has 0 saturated carbocycles. The van der Waals surface area contributed by atoms with E-state index in [2.05, 4.69) is 31.9 Å². The molecule has 90 valence electrons. The van der Waals surface area contributed by atoms with Crippen molar-refractivity contribution in [2.75, 3.05) is 7.11 Å². The minimum atomic E-state index is -0.353. The van der Waals surface area contributed by atoms with E-state index in [1.54, 1.807) is 7.11 Å². The first-order valence-corrected chi connectivity index (χ1v) is 6.54. The van der Waals surface area contributed by atoms with Gasteiger partial charge in [0.05, 0.1) is 13.2 Å². The molecular formula is C12H11Br2NO2. The first-order chi connectivity index (χ1) is 8.11. The van der Waals surface area contributed by atoms with E-state index in [1.165, 1.54) is 0 Å². The number of nitrogens with two attached hydrogens (primary N) is 1. The van der Waals surface area contributed by atoms with Gasteiger partial charge in [0, 0.05) is 10.0 Å². The van der Waals surface area contributed by atoms with Crippen LogP contribution < -0.4 is 10.5 Å². The summed E-state index contributed by atoms with van der Waals surface area (Å²) in [5.74, 6) is 1.43. The van der Waals surface area contributed by atoms with Crippen molar-refractivity contribution >= 4 is 31.9 Å². The number of benzene rings is 1. The average molecular weight is 361 g/mol. The van der Waals surface area contributed by atoms with Crippen LogP contribution in [0, 0.1) is 0 Å². The molecule has 1 aromatic carbocycles. The van der Waals surface area contributed by atoms with Crippen molar-refractivity contribution < 1.29 is 9.15 Å². The average Bonchev–Trinajstić information content (AvgIpc) is 2.75. The van der Waals surface area contributed by atoms with E-state index in [0.717, 1.165) is 15.8 Å². The lowest BCUT2D eigenvalue weighted by molar-refractivity contribution is 0.401. The molecule has 0 aliphatic rings. The molecule has 0 radical (unpaired) electrons. The summed E-state index contributed by atoms with van der Waals surface area (Å²) in [4.78, 5) is 0. The molecule has 2 rings (SSSR count). The summed E-state index contributed by atoms with van der Waals surface area (Å²) >= 11 is 6.68. The maximum atomic E-state index is 6.16. The topological polar surface area (TPSA) is 48.4 Å². The number of hydrogen-bond donors (Lipinski definition) is 1. The van der Waals surface area contributed by atoms with Crippen LogP contribution in [0.25, 0.3) is 0 Å². The zero-order valence-electron chi connectivity index (χ0n) is 9.11. The number of hydrogen-bond acceptors (Lipinski definition) is 3. The smallest absolute Gasteiger partial charge is 0.169 e. The van der Waals surface area contributed by atoms with Gasteiger partial charge in [-0.3, -0.25) is 0 Å². The fourth-order valence-corrected chi connectivity index (χ4v) is 2.29. The fourth-order valence-electron chi connectivity index (χ4n) is 1.60. The van der Waals surface area contributed by atoms with E-state index >= 15 is 0 Å². The second-order valence-electron chi connectivity index (χ2n) is 3.51. The molecule has 0 bridgehead atoms. The predicted molar refractivity (Wildman–Crippen MR) is 73.1 cm³/mol. The van der Waals surface area contributed by atoms with Crippen molar-refractivity contribution in [1.29, 1.82) is 0 Å². The first kappa shape index (κ1) is 12.7. The predicted octanol–water partition coefficient (Wildman–Crippen LogP) is 3.86. The van der Waals surface area contributed by atoms with Gasteiger partial charge in [0.25, 0.3) is 0 Å².